The van der Waals surface area contributed by atoms with Crippen LogP contribution < -0.4 is 21.2 Å². The Balaban J connectivity index is 0.00000129. The van der Waals surface area contributed by atoms with Gasteiger partial charge >= 0.3 is 6.01 Å². The van der Waals surface area contributed by atoms with E-state index in [0.717, 1.165) is 49.4 Å². The van der Waals surface area contributed by atoms with Crippen LogP contribution in [0, 0.1) is 0 Å². The largest absolute Gasteiger partial charge is 0.457 e. The number of anilines is 1. The molecule has 0 aromatic carbocycles. The number of carbonyl (C=O) groups is 1. The number of pyridine rings is 1. The molecule has 2 unspecified atom stereocenters. The van der Waals surface area contributed by atoms with Gasteiger partial charge in [0.2, 0.25) is 0 Å². The Morgan fingerprint density at radius 3 is 2.54 bits per heavy atom. The molecule has 0 saturated carbocycles. The zero-order chi connectivity index (χ0) is 30.8. The molecule has 1 fully saturated rings. The van der Waals surface area contributed by atoms with Crippen molar-refractivity contribution in [3.63, 3.8) is 0 Å². The zero-order valence-electron chi connectivity index (χ0n) is 26.2. The van der Waals surface area contributed by atoms with Gasteiger partial charge in [-0.15, -0.1) is 0 Å². The molecule has 0 spiro atoms. The summed E-state index contributed by atoms with van der Waals surface area (Å²) in [4.78, 5) is 26.7. The van der Waals surface area contributed by atoms with Gasteiger partial charge in [-0.1, -0.05) is 34.6 Å². The first-order valence-electron chi connectivity index (χ1n) is 14.5. The molecule has 41 heavy (non-hydrogen) atoms. The highest BCUT2D eigenvalue weighted by Gasteiger charge is 2.23. The lowest BCUT2D eigenvalue weighted by molar-refractivity contribution is -0.110. The number of hydrazine groups is 1. The van der Waals surface area contributed by atoms with Gasteiger partial charge in [-0.25, -0.2) is 15.8 Å². The standard InChI is InChI=1S/C25H37N7O3.C3H8O.C2H6/c1-5-17(3)20-9-11-28-25(30-20)35-16-23(31(4)27)24(26)21-7-8-22(19(6-2)29-21)32-12-14-34-18(15-32)10-13-33;1-3-4-2;1-2/h7-9,11,13,17-18H,5-6,10,12,14-16,26-27H2,1-4H3;3H2,1-2H3;1-2H3/b24-23-;;. The van der Waals surface area contributed by atoms with Crippen molar-refractivity contribution in [1.29, 1.82) is 0 Å². The number of nitrogens with two attached hydrogens (primary N) is 2. The molecule has 3 heterocycles. The van der Waals surface area contributed by atoms with Crippen molar-refractivity contribution < 1.29 is 19.0 Å². The molecule has 230 valence electrons. The summed E-state index contributed by atoms with van der Waals surface area (Å²) in [6.45, 7) is 15.1. The van der Waals surface area contributed by atoms with Gasteiger partial charge in [0.25, 0.3) is 0 Å². The van der Waals surface area contributed by atoms with E-state index in [1.54, 1.807) is 20.4 Å². The van der Waals surface area contributed by atoms with E-state index in [-0.39, 0.29) is 18.7 Å². The van der Waals surface area contributed by atoms with Crippen LogP contribution >= 0.6 is 0 Å². The van der Waals surface area contributed by atoms with E-state index in [9.17, 15) is 4.79 Å². The maximum atomic E-state index is 10.9. The first kappa shape index (κ1) is 35.7. The number of morpholine rings is 1. The van der Waals surface area contributed by atoms with Crippen LogP contribution in [0.5, 0.6) is 6.01 Å². The van der Waals surface area contributed by atoms with Crippen LogP contribution in [0.15, 0.2) is 30.1 Å². The molecule has 11 nitrogen and oxygen atoms in total. The monoisotopic (exact) mass is 573 g/mol. The molecule has 0 aliphatic carbocycles. The van der Waals surface area contributed by atoms with Crippen LogP contribution in [-0.2, 0) is 20.7 Å². The van der Waals surface area contributed by atoms with Crippen molar-refractivity contribution in [3.8, 4) is 6.01 Å². The van der Waals surface area contributed by atoms with Crippen LogP contribution in [0.1, 0.15) is 77.4 Å². The normalized spacial score (nSPS) is 15.8. The van der Waals surface area contributed by atoms with Crippen molar-refractivity contribution in [1.82, 2.24) is 20.0 Å². The van der Waals surface area contributed by atoms with E-state index < -0.39 is 0 Å². The summed E-state index contributed by atoms with van der Waals surface area (Å²) in [6.07, 6.45) is 4.58. The molecule has 3 rings (SSSR count). The Morgan fingerprint density at radius 1 is 1.24 bits per heavy atom. The minimum absolute atomic E-state index is 0.102. The third-order valence-electron chi connectivity index (χ3n) is 6.54. The number of rotatable bonds is 12. The minimum atomic E-state index is -0.105. The van der Waals surface area contributed by atoms with Crippen molar-refractivity contribution in [2.45, 2.75) is 72.8 Å². The van der Waals surface area contributed by atoms with E-state index >= 15 is 0 Å². The molecule has 2 atom stereocenters. The predicted molar refractivity (Wildman–Crippen MR) is 164 cm³/mol. The van der Waals surface area contributed by atoms with Crippen LogP contribution in [0.3, 0.4) is 0 Å². The van der Waals surface area contributed by atoms with Gasteiger partial charge in [0.05, 0.1) is 46.9 Å². The van der Waals surface area contributed by atoms with E-state index in [0.29, 0.717) is 42.6 Å². The lowest BCUT2D eigenvalue weighted by atomic mass is 10.1. The molecule has 4 N–H and O–H groups in total. The van der Waals surface area contributed by atoms with Crippen LogP contribution in [0.4, 0.5) is 5.69 Å². The fourth-order valence-corrected chi connectivity index (χ4v) is 3.94. The lowest BCUT2D eigenvalue weighted by Crippen LogP contribution is -2.43. The first-order chi connectivity index (χ1) is 19.8. The summed E-state index contributed by atoms with van der Waals surface area (Å²) in [6, 6.07) is 6.08. The summed E-state index contributed by atoms with van der Waals surface area (Å²) < 4.78 is 16.1. The second kappa shape index (κ2) is 19.7. The Hall–Kier alpha value is -3.28. The number of methoxy groups -OCH3 is 1. The van der Waals surface area contributed by atoms with Gasteiger partial charge in [-0.2, -0.15) is 4.98 Å². The number of hydrogen-bond donors (Lipinski definition) is 2. The molecule has 2 aromatic heterocycles. The highest BCUT2D eigenvalue weighted by molar-refractivity contribution is 5.65. The molecule has 1 aliphatic heterocycles. The number of nitrogens with zero attached hydrogens (tertiary/aromatic N) is 5. The highest BCUT2D eigenvalue weighted by Crippen LogP contribution is 2.25. The van der Waals surface area contributed by atoms with Crippen molar-refractivity contribution >= 4 is 17.7 Å². The maximum Gasteiger partial charge on any atom is 0.316 e. The lowest BCUT2D eigenvalue weighted by Gasteiger charge is -2.34. The zero-order valence-corrected chi connectivity index (χ0v) is 26.2. The number of aryl methyl sites for hydroxylation is 1. The average Bonchev–Trinajstić information content (AvgIpc) is 3.01. The highest BCUT2D eigenvalue weighted by atomic mass is 16.5. The van der Waals surface area contributed by atoms with E-state index in [1.165, 1.54) is 5.01 Å². The van der Waals surface area contributed by atoms with Crippen LogP contribution in [0.25, 0.3) is 5.70 Å². The van der Waals surface area contributed by atoms with Gasteiger partial charge in [0.1, 0.15) is 12.9 Å². The smallest absolute Gasteiger partial charge is 0.316 e. The predicted octanol–water partition coefficient (Wildman–Crippen LogP) is 3.93. The average molecular weight is 574 g/mol. The van der Waals surface area contributed by atoms with Crippen LogP contribution in [-0.4, -0.2) is 79.4 Å². The number of aldehydes is 1. The molecule has 0 amide bonds. The van der Waals surface area contributed by atoms with Crippen molar-refractivity contribution in [2.75, 3.05) is 52.0 Å². The second-order valence-corrected chi connectivity index (χ2v) is 9.27. The van der Waals surface area contributed by atoms with E-state index in [4.69, 9.17) is 26.0 Å². The molecular weight excluding hydrogens is 522 g/mol. The Kier molecular flexibility index (Phi) is 17.2. The number of aromatic nitrogens is 3. The van der Waals surface area contributed by atoms with Crippen molar-refractivity contribution in [3.05, 3.63) is 47.2 Å². The van der Waals surface area contributed by atoms with Gasteiger partial charge in [0, 0.05) is 46.5 Å². The van der Waals surface area contributed by atoms with Crippen LogP contribution in [0.2, 0.25) is 0 Å². The SMILES string of the molecule is CC.CCOC.CCc1nc(/C(N)=C(\COc2nccc(C(C)CC)n2)N(C)N)ccc1N1CCOC(CC=O)C1. The Morgan fingerprint density at radius 2 is 1.95 bits per heavy atom. The number of ether oxygens (including phenoxy) is 3. The van der Waals surface area contributed by atoms with Gasteiger partial charge < -0.3 is 34.6 Å². The minimum Gasteiger partial charge on any atom is -0.457 e. The van der Waals surface area contributed by atoms with E-state index in [1.807, 2.05) is 39.0 Å². The fraction of sp³-hybridized carbons (Fsp3) is 0.600. The third kappa shape index (κ3) is 11.3. The fourth-order valence-electron chi connectivity index (χ4n) is 3.94. The summed E-state index contributed by atoms with van der Waals surface area (Å²) in [7, 11) is 3.39. The second-order valence-electron chi connectivity index (χ2n) is 9.27. The Bertz CT molecular complexity index is 1060. The third-order valence-corrected chi connectivity index (χ3v) is 6.54. The quantitative estimate of drug-likeness (QED) is 0.217. The van der Waals surface area contributed by atoms with Crippen molar-refractivity contribution in [2.24, 2.45) is 11.6 Å². The molecular formula is C30H51N7O4. The molecule has 1 saturated heterocycles. The topological polar surface area (TPSA) is 142 Å². The molecule has 1 aliphatic rings. The van der Waals surface area contributed by atoms with E-state index in [2.05, 4.69) is 40.4 Å². The maximum absolute atomic E-state index is 10.9. The first-order valence-corrected chi connectivity index (χ1v) is 14.5. The summed E-state index contributed by atoms with van der Waals surface area (Å²) in [5, 5.41) is 1.43. The molecule has 11 heteroatoms. The molecule has 2 aromatic rings. The summed E-state index contributed by atoms with van der Waals surface area (Å²) in [5.74, 6) is 6.41. The van der Waals surface area contributed by atoms with Gasteiger partial charge in [-0.05, 0) is 43.9 Å². The number of carbonyl (C=O) groups excluding carboxylic acids is 1. The Labute approximate surface area is 246 Å². The summed E-state index contributed by atoms with van der Waals surface area (Å²) in [5.41, 5.74) is 11.0. The summed E-state index contributed by atoms with van der Waals surface area (Å²) >= 11 is 0. The number of hydrogen-bond acceptors (Lipinski definition) is 11. The van der Waals surface area contributed by atoms with Gasteiger partial charge in [-0.3, -0.25) is 0 Å². The number of likely N-dealkylation sites (N-methyl/N-ethyl adjacent to an activating group) is 1. The molecule has 0 radical (unpaired) electrons. The molecule has 0 bridgehead atoms. The van der Waals surface area contributed by atoms with Gasteiger partial charge in [0.15, 0.2) is 0 Å².